The molecule has 2 rings (SSSR count). The summed E-state index contributed by atoms with van der Waals surface area (Å²) in [6.07, 6.45) is 2.00. The zero-order valence-electron chi connectivity index (χ0n) is 10.6. The highest BCUT2D eigenvalue weighted by atomic mass is 32.1. The number of aliphatic hydroxyl groups is 1. The van der Waals surface area contributed by atoms with Gasteiger partial charge < -0.3 is 15.3 Å². The first-order valence-electron chi connectivity index (χ1n) is 6.32. The third-order valence-corrected chi connectivity index (χ3v) is 4.65. The number of thiophene rings is 1. The van der Waals surface area contributed by atoms with Crippen LogP contribution in [0.4, 0.5) is 0 Å². The summed E-state index contributed by atoms with van der Waals surface area (Å²) in [5, 5.41) is 15.5. The number of rotatable bonds is 4. The maximum Gasteiger partial charge on any atom is 0.101 e. The maximum atomic E-state index is 10.00. The van der Waals surface area contributed by atoms with Crippen LogP contribution in [-0.4, -0.2) is 42.2 Å². The van der Waals surface area contributed by atoms with E-state index in [1.807, 2.05) is 17.5 Å². The predicted octanol–water partition coefficient (Wildman–Crippen LogP) is 1.85. The molecule has 1 fully saturated rings. The average molecular weight is 254 g/mol. The molecular weight excluding hydrogens is 232 g/mol. The van der Waals surface area contributed by atoms with Gasteiger partial charge in [0.05, 0.1) is 0 Å². The Morgan fingerprint density at radius 1 is 1.65 bits per heavy atom. The normalized spacial score (nSPS) is 28.2. The summed E-state index contributed by atoms with van der Waals surface area (Å²) in [6.45, 7) is 4.08. The summed E-state index contributed by atoms with van der Waals surface area (Å²) < 4.78 is 0. The van der Waals surface area contributed by atoms with Crippen molar-refractivity contribution in [2.75, 3.05) is 20.1 Å². The quantitative estimate of drug-likeness (QED) is 0.861. The molecule has 0 amide bonds. The van der Waals surface area contributed by atoms with Gasteiger partial charge in [-0.1, -0.05) is 6.07 Å². The highest BCUT2D eigenvalue weighted by molar-refractivity contribution is 7.10. The molecular formula is C13H22N2OS. The van der Waals surface area contributed by atoms with Crippen LogP contribution in [0.15, 0.2) is 17.5 Å². The zero-order chi connectivity index (χ0) is 12.3. The van der Waals surface area contributed by atoms with Gasteiger partial charge in [-0.15, -0.1) is 11.3 Å². The van der Waals surface area contributed by atoms with Gasteiger partial charge in [0.25, 0.3) is 0 Å². The third-order valence-electron chi connectivity index (χ3n) is 3.68. The third kappa shape index (κ3) is 3.52. The molecule has 2 N–H and O–H groups in total. The molecule has 0 bridgehead atoms. The summed E-state index contributed by atoms with van der Waals surface area (Å²) in [4.78, 5) is 3.45. The molecule has 0 radical (unpaired) electrons. The number of piperidine rings is 1. The molecule has 4 heteroatoms. The molecule has 1 aromatic heterocycles. The van der Waals surface area contributed by atoms with E-state index in [1.54, 1.807) is 11.3 Å². The molecule has 3 nitrogen and oxygen atoms in total. The van der Waals surface area contributed by atoms with E-state index in [4.69, 9.17) is 0 Å². The lowest BCUT2D eigenvalue weighted by Crippen LogP contribution is -2.46. The molecule has 1 aliphatic rings. The Bertz CT molecular complexity index is 328. The van der Waals surface area contributed by atoms with Gasteiger partial charge in [0.15, 0.2) is 0 Å². The first kappa shape index (κ1) is 13.0. The SMILES string of the molecule is CC1CC(NCC(O)c2cccs2)CCN1C. The monoisotopic (exact) mass is 254 g/mol. The van der Waals surface area contributed by atoms with Gasteiger partial charge in [0, 0.05) is 23.5 Å². The molecule has 1 aliphatic heterocycles. The van der Waals surface area contributed by atoms with E-state index in [0.717, 1.165) is 11.4 Å². The van der Waals surface area contributed by atoms with Crippen LogP contribution in [0.25, 0.3) is 0 Å². The van der Waals surface area contributed by atoms with Gasteiger partial charge in [-0.05, 0) is 44.8 Å². The minimum atomic E-state index is -0.357. The van der Waals surface area contributed by atoms with Crippen LogP contribution < -0.4 is 5.32 Å². The van der Waals surface area contributed by atoms with E-state index in [0.29, 0.717) is 18.6 Å². The Morgan fingerprint density at radius 2 is 2.47 bits per heavy atom. The predicted molar refractivity (Wildman–Crippen MR) is 72.4 cm³/mol. The van der Waals surface area contributed by atoms with Crippen molar-refractivity contribution < 1.29 is 5.11 Å². The van der Waals surface area contributed by atoms with E-state index < -0.39 is 0 Å². The molecule has 17 heavy (non-hydrogen) atoms. The Labute approximate surface area is 107 Å². The number of hydrogen-bond donors (Lipinski definition) is 2. The van der Waals surface area contributed by atoms with Crippen molar-refractivity contribution in [2.24, 2.45) is 0 Å². The lowest BCUT2D eigenvalue weighted by atomic mass is 9.99. The summed E-state index contributed by atoms with van der Waals surface area (Å²) in [5.74, 6) is 0. The van der Waals surface area contributed by atoms with E-state index in [-0.39, 0.29) is 6.10 Å². The number of aliphatic hydroxyl groups excluding tert-OH is 1. The van der Waals surface area contributed by atoms with E-state index in [1.165, 1.54) is 12.8 Å². The molecule has 0 aliphatic carbocycles. The lowest BCUT2D eigenvalue weighted by molar-refractivity contribution is 0.140. The van der Waals surface area contributed by atoms with Gasteiger partial charge in [-0.3, -0.25) is 0 Å². The van der Waals surface area contributed by atoms with Crippen LogP contribution in [0, 0.1) is 0 Å². The minimum Gasteiger partial charge on any atom is -0.386 e. The van der Waals surface area contributed by atoms with Gasteiger partial charge in [-0.25, -0.2) is 0 Å². The van der Waals surface area contributed by atoms with E-state index in [2.05, 4.69) is 24.2 Å². The fourth-order valence-electron chi connectivity index (χ4n) is 2.33. The number of nitrogens with one attached hydrogen (secondary N) is 1. The zero-order valence-corrected chi connectivity index (χ0v) is 11.4. The topological polar surface area (TPSA) is 35.5 Å². The molecule has 3 unspecified atom stereocenters. The molecule has 96 valence electrons. The standard InChI is InChI=1S/C13H22N2OS/c1-10-8-11(5-6-15(10)2)14-9-12(16)13-4-3-7-17-13/h3-4,7,10-12,14,16H,5-6,8-9H2,1-2H3. The van der Waals surface area contributed by atoms with Crippen molar-refractivity contribution in [2.45, 2.75) is 38.0 Å². The molecule has 1 saturated heterocycles. The molecule has 3 atom stereocenters. The van der Waals surface area contributed by atoms with Crippen molar-refractivity contribution >= 4 is 11.3 Å². The van der Waals surface area contributed by atoms with E-state index >= 15 is 0 Å². The van der Waals surface area contributed by atoms with Crippen LogP contribution in [-0.2, 0) is 0 Å². The van der Waals surface area contributed by atoms with E-state index in [9.17, 15) is 5.11 Å². The highest BCUT2D eigenvalue weighted by Gasteiger charge is 2.22. The molecule has 1 aromatic rings. The maximum absolute atomic E-state index is 10.00. The smallest absolute Gasteiger partial charge is 0.101 e. The average Bonchev–Trinajstić information content (AvgIpc) is 2.84. The Hall–Kier alpha value is -0.420. The Balaban J connectivity index is 1.75. The van der Waals surface area contributed by atoms with Crippen LogP contribution in [0.3, 0.4) is 0 Å². The van der Waals surface area contributed by atoms with Crippen molar-refractivity contribution in [3.63, 3.8) is 0 Å². The molecule has 2 heterocycles. The van der Waals surface area contributed by atoms with Crippen LogP contribution in [0.1, 0.15) is 30.7 Å². The van der Waals surface area contributed by atoms with Crippen LogP contribution >= 0.6 is 11.3 Å². The van der Waals surface area contributed by atoms with Gasteiger partial charge in [0.1, 0.15) is 6.10 Å². The summed E-state index contributed by atoms with van der Waals surface area (Å²) >= 11 is 1.62. The second-order valence-corrected chi connectivity index (χ2v) is 5.97. The second-order valence-electron chi connectivity index (χ2n) is 4.99. The Kier molecular flexibility index (Phi) is 4.56. The fourth-order valence-corrected chi connectivity index (χ4v) is 3.05. The largest absolute Gasteiger partial charge is 0.386 e. The highest BCUT2D eigenvalue weighted by Crippen LogP contribution is 2.19. The first-order chi connectivity index (χ1) is 8.16. The summed E-state index contributed by atoms with van der Waals surface area (Å²) in [6, 6.07) is 5.17. The minimum absolute atomic E-state index is 0.357. The van der Waals surface area contributed by atoms with Gasteiger partial charge in [0.2, 0.25) is 0 Å². The van der Waals surface area contributed by atoms with Crippen molar-refractivity contribution in [3.8, 4) is 0 Å². The summed E-state index contributed by atoms with van der Waals surface area (Å²) in [7, 11) is 2.18. The van der Waals surface area contributed by atoms with Gasteiger partial charge in [-0.2, -0.15) is 0 Å². The Morgan fingerprint density at radius 3 is 3.12 bits per heavy atom. The van der Waals surface area contributed by atoms with Gasteiger partial charge >= 0.3 is 0 Å². The number of hydrogen-bond acceptors (Lipinski definition) is 4. The van der Waals surface area contributed by atoms with Crippen molar-refractivity contribution in [3.05, 3.63) is 22.4 Å². The summed E-state index contributed by atoms with van der Waals surface area (Å²) in [5.41, 5.74) is 0. The van der Waals surface area contributed by atoms with Crippen molar-refractivity contribution in [1.82, 2.24) is 10.2 Å². The number of nitrogens with zero attached hydrogens (tertiary/aromatic N) is 1. The van der Waals surface area contributed by atoms with Crippen LogP contribution in [0.2, 0.25) is 0 Å². The lowest BCUT2D eigenvalue weighted by Gasteiger charge is -2.35. The van der Waals surface area contributed by atoms with Crippen LogP contribution in [0.5, 0.6) is 0 Å². The molecule has 0 aromatic carbocycles. The second kappa shape index (κ2) is 5.96. The fraction of sp³-hybridized carbons (Fsp3) is 0.692. The number of likely N-dealkylation sites (tertiary alicyclic amines) is 1. The van der Waals surface area contributed by atoms with Crippen molar-refractivity contribution in [1.29, 1.82) is 0 Å². The molecule has 0 saturated carbocycles. The first-order valence-corrected chi connectivity index (χ1v) is 7.20. The molecule has 0 spiro atoms.